The molecule has 0 saturated carbocycles. The zero-order valence-corrected chi connectivity index (χ0v) is 12.3. The van der Waals surface area contributed by atoms with Gasteiger partial charge < -0.3 is 10.1 Å². The highest BCUT2D eigenvalue weighted by Crippen LogP contribution is 2.21. The first kappa shape index (κ1) is 17.3. The summed E-state index contributed by atoms with van der Waals surface area (Å²) >= 11 is 0. The van der Waals surface area contributed by atoms with Gasteiger partial charge in [0.05, 0.1) is 0 Å². The average Bonchev–Trinajstić information content (AvgIpc) is 2.32. The second-order valence-electron chi connectivity index (χ2n) is 5.89. The van der Waals surface area contributed by atoms with E-state index in [1.165, 1.54) is 6.20 Å². The van der Waals surface area contributed by atoms with Crippen molar-refractivity contribution < 1.29 is 22.7 Å². The van der Waals surface area contributed by atoms with E-state index < -0.39 is 12.8 Å². The molecule has 0 aromatic carbocycles. The molecule has 1 heterocycles. The monoisotopic (exact) mass is 304 g/mol. The number of nitrogens with zero attached hydrogens (tertiary/aromatic N) is 1. The highest BCUT2D eigenvalue weighted by molar-refractivity contribution is 5.76. The van der Waals surface area contributed by atoms with Crippen LogP contribution in [0.3, 0.4) is 0 Å². The molecule has 0 unspecified atom stereocenters. The fourth-order valence-electron chi connectivity index (χ4n) is 1.58. The van der Waals surface area contributed by atoms with E-state index >= 15 is 0 Å². The molecule has 1 aromatic rings. The predicted molar refractivity (Wildman–Crippen MR) is 71.7 cm³/mol. The molecule has 0 fully saturated rings. The maximum atomic E-state index is 12.2. The molecule has 21 heavy (non-hydrogen) atoms. The van der Waals surface area contributed by atoms with E-state index in [-0.39, 0.29) is 23.7 Å². The van der Waals surface area contributed by atoms with Crippen LogP contribution < -0.4 is 10.1 Å². The fraction of sp³-hybridized carbons (Fsp3) is 0.571. The van der Waals surface area contributed by atoms with Crippen LogP contribution in [0, 0.1) is 5.41 Å². The maximum Gasteiger partial charge on any atom is 0.422 e. The van der Waals surface area contributed by atoms with Gasteiger partial charge in [0.2, 0.25) is 11.8 Å². The number of pyridine rings is 1. The van der Waals surface area contributed by atoms with Crippen LogP contribution in [0.15, 0.2) is 18.3 Å². The van der Waals surface area contributed by atoms with E-state index in [1.807, 2.05) is 20.8 Å². The SMILES string of the molecule is CC(C)(C)CC(=O)NCc1cccnc1OCC(F)(F)F. The van der Waals surface area contributed by atoms with Crippen molar-refractivity contribution in [1.82, 2.24) is 10.3 Å². The molecule has 0 bridgehead atoms. The first-order valence-corrected chi connectivity index (χ1v) is 6.47. The van der Waals surface area contributed by atoms with Crippen molar-refractivity contribution in [3.63, 3.8) is 0 Å². The predicted octanol–water partition coefficient (Wildman–Crippen LogP) is 3.08. The van der Waals surface area contributed by atoms with Crippen LogP contribution in [0.25, 0.3) is 0 Å². The van der Waals surface area contributed by atoms with Crippen LogP contribution in [0.5, 0.6) is 5.88 Å². The number of nitrogens with one attached hydrogen (secondary N) is 1. The molecule has 0 atom stereocenters. The summed E-state index contributed by atoms with van der Waals surface area (Å²) in [6.45, 7) is 4.44. The second kappa shape index (κ2) is 6.78. The number of rotatable bonds is 5. The van der Waals surface area contributed by atoms with Crippen LogP contribution in [0.1, 0.15) is 32.8 Å². The van der Waals surface area contributed by atoms with E-state index in [9.17, 15) is 18.0 Å². The Kier molecular flexibility index (Phi) is 5.57. The molecule has 1 N–H and O–H groups in total. The fourth-order valence-corrected chi connectivity index (χ4v) is 1.58. The summed E-state index contributed by atoms with van der Waals surface area (Å²) in [5, 5.41) is 2.65. The highest BCUT2D eigenvalue weighted by atomic mass is 19.4. The second-order valence-corrected chi connectivity index (χ2v) is 5.89. The summed E-state index contributed by atoms with van der Waals surface area (Å²) in [6.07, 6.45) is -2.76. The van der Waals surface area contributed by atoms with Gasteiger partial charge in [-0.15, -0.1) is 0 Å². The van der Waals surface area contributed by atoms with Gasteiger partial charge in [-0.2, -0.15) is 13.2 Å². The van der Waals surface area contributed by atoms with Crippen molar-refractivity contribution in [3.8, 4) is 5.88 Å². The lowest BCUT2D eigenvalue weighted by molar-refractivity contribution is -0.154. The normalized spacial score (nSPS) is 12.1. The number of amides is 1. The average molecular weight is 304 g/mol. The van der Waals surface area contributed by atoms with Gasteiger partial charge in [0.1, 0.15) is 0 Å². The number of hydrogen-bond acceptors (Lipinski definition) is 3. The molecule has 1 amide bonds. The van der Waals surface area contributed by atoms with E-state index in [0.717, 1.165) is 0 Å². The molecular weight excluding hydrogens is 285 g/mol. The topological polar surface area (TPSA) is 51.2 Å². The third-order valence-corrected chi connectivity index (χ3v) is 2.39. The lowest BCUT2D eigenvalue weighted by Gasteiger charge is -2.17. The van der Waals surface area contributed by atoms with Crippen molar-refractivity contribution in [3.05, 3.63) is 23.9 Å². The van der Waals surface area contributed by atoms with Crippen LogP contribution in [0.4, 0.5) is 13.2 Å². The highest BCUT2D eigenvalue weighted by Gasteiger charge is 2.29. The Hall–Kier alpha value is -1.79. The first-order chi connectivity index (χ1) is 9.57. The Balaban J connectivity index is 2.61. The summed E-state index contributed by atoms with van der Waals surface area (Å²) in [4.78, 5) is 15.5. The molecule has 0 aliphatic rings. The summed E-state index contributed by atoms with van der Waals surface area (Å²) in [6, 6.07) is 3.14. The van der Waals surface area contributed by atoms with Gasteiger partial charge >= 0.3 is 6.18 Å². The number of alkyl halides is 3. The number of carbonyl (C=O) groups excluding carboxylic acids is 1. The molecule has 0 aliphatic carbocycles. The molecule has 0 saturated heterocycles. The smallest absolute Gasteiger partial charge is 0.422 e. The molecule has 1 aromatic heterocycles. The quantitative estimate of drug-likeness (QED) is 0.909. The van der Waals surface area contributed by atoms with Crippen molar-refractivity contribution in [1.29, 1.82) is 0 Å². The number of carbonyl (C=O) groups is 1. The van der Waals surface area contributed by atoms with E-state index in [4.69, 9.17) is 0 Å². The van der Waals surface area contributed by atoms with Gasteiger partial charge in [0.25, 0.3) is 0 Å². The van der Waals surface area contributed by atoms with Crippen molar-refractivity contribution >= 4 is 5.91 Å². The molecule has 7 heteroatoms. The zero-order chi connectivity index (χ0) is 16.1. The molecule has 0 aliphatic heterocycles. The number of ether oxygens (including phenoxy) is 1. The van der Waals surface area contributed by atoms with Gasteiger partial charge in [-0.1, -0.05) is 26.8 Å². The van der Waals surface area contributed by atoms with Crippen molar-refractivity contribution in [2.24, 2.45) is 5.41 Å². The Bertz CT molecular complexity index is 482. The maximum absolute atomic E-state index is 12.2. The number of hydrogen-bond donors (Lipinski definition) is 1. The number of halogens is 3. The molecule has 0 radical (unpaired) electrons. The summed E-state index contributed by atoms with van der Waals surface area (Å²) < 4.78 is 41.1. The molecular formula is C14H19F3N2O2. The van der Waals surface area contributed by atoms with Crippen molar-refractivity contribution in [2.45, 2.75) is 39.9 Å². The summed E-state index contributed by atoms with van der Waals surface area (Å²) in [5.74, 6) is -0.293. The van der Waals surface area contributed by atoms with E-state index in [1.54, 1.807) is 12.1 Å². The first-order valence-electron chi connectivity index (χ1n) is 6.47. The molecule has 4 nitrogen and oxygen atoms in total. The summed E-state index contributed by atoms with van der Waals surface area (Å²) in [5.41, 5.74) is 0.248. The Morgan fingerprint density at radius 3 is 2.57 bits per heavy atom. The minimum absolute atomic E-state index is 0.0793. The molecule has 0 spiro atoms. The van der Waals surface area contributed by atoms with Crippen LogP contribution in [0.2, 0.25) is 0 Å². The largest absolute Gasteiger partial charge is 0.468 e. The zero-order valence-electron chi connectivity index (χ0n) is 12.3. The van der Waals surface area contributed by atoms with Gasteiger partial charge in [-0.05, 0) is 11.5 Å². The van der Waals surface area contributed by atoms with Gasteiger partial charge in [0, 0.05) is 24.7 Å². The number of aromatic nitrogens is 1. The lowest BCUT2D eigenvalue weighted by Crippen LogP contribution is -2.27. The minimum atomic E-state index is -4.43. The summed E-state index contributed by atoms with van der Waals surface area (Å²) in [7, 11) is 0. The standard InChI is InChI=1S/C14H19F3N2O2/c1-13(2,3)7-11(20)19-8-10-5-4-6-18-12(10)21-9-14(15,16)17/h4-6H,7-9H2,1-3H3,(H,19,20). The Morgan fingerprint density at radius 2 is 2.00 bits per heavy atom. The third kappa shape index (κ3) is 7.53. The van der Waals surface area contributed by atoms with E-state index in [2.05, 4.69) is 15.0 Å². The lowest BCUT2D eigenvalue weighted by atomic mass is 9.92. The molecule has 1 rings (SSSR count). The third-order valence-electron chi connectivity index (χ3n) is 2.39. The molecule has 118 valence electrons. The Morgan fingerprint density at radius 1 is 1.33 bits per heavy atom. The minimum Gasteiger partial charge on any atom is -0.468 e. The Labute approximate surface area is 121 Å². The van der Waals surface area contributed by atoms with Crippen molar-refractivity contribution in [2.75, 3.05) is 6.61 Å². The van der Waals surface area contributed by atoms with Gasteiger partial charge in [0.15, 0.2) is 6.61 Å². The van der Waals surface area contributed by atoms with Gasteiger partial charge in [-0.3, -0.25) is 4.79 Å². The van der Waals surface area contributed by atoms with Crippen LogP contribution in [-0.4, -0.2) is 23.7 Å². The van der Waals surface area contributed by atoms with Gasteiger partial charge in [-0.25, -0.2) is 4.98 Å². The van der Waals surface area contributed by atoms with Crippen LogP contribution in [-0.2, 0) is 11.3 Å². The van der Waals surface area contributed by atoms with Crippen LogP contribution >= 0.6 is 0 Å². The van der Waals surface area contributed by atoms with E-state index in [0.29, 0.717) is 12.0 Å².